The molecule has 0 spiro atoms. The number of benzene rings is 3. The highest BCUT2D eigenvalue weighted by molar-refractivity contribution is 5.84. The summed E-state index contributed by atoms with van der Waals surface area (Å²) < 4.78 is 11.1. The molecular weight excluding hydrogens is 324 g/mol. The summed E-state index contributed by atoms with van der Waals surface area (Å²) in [7, 11) is 1.65. The number of ether oxygens (including phenoxy) is 2. The molecule has 0 aromatic heterocycles. The van der Waals surface area contributed by atoms with Crippen molar-refractivity contribution < 1.29 is 9.47 Å². The highest BCUT2D eigenvalue weighted by Gasteiger charge is 2.01. The van der Waals surface area contributed by atoms with E-state index in [9.17, 15) is 0 Å². The fraction of sp³-hybridized carbons (Fsp3) is 0.136. The molecule has 0 heterocycles. The molecule has 0 aliphatic rings. The molecule has 1 N–H and O–H groups in total. The minimum Gasteiger partial charge on any atom is -0.497 e. The minimum atomic E-state index is 0.525. The molecule has 26 heavy (non-hydrogen) atoms. The van der Waals surface area contributed by atoms with Crippen LogP contribution in [0.4, 0.5) is 5.69 Å². The monoisotopic (exact) mass is 346 g/mol. The third-order valence-electron chi connectivity index (χ3n) is 3.92. The summed E-state index contributed by atoms with van der Waals surface area (Å²) in [6, 6.07) is 23.8. The van der Waals surface area contributed by atoms with E-state index in [1.54, 1.807) is 13.3 Å². The predicted molar refractivity (Wildman–Crippen MR) is 106 cm³/mol. The Hall–Kier alpha value is -3.27. The van der Waals surface area contributed by atoms with Gasteiger partial charge in [-0.1, -0.05) is 42.0 Å². The Morgan fingerprint density at radius 1 is 0.923 bits per heavy atom. The van der Waals surface area contributed by atoms with E-state index in [-0.39, 0.29) is 0 Å². The molecule has 0 saturated heterocycles. The largest absolute Gasteiger partial charge is 0.497 e. The van der Waals surface area contributed by atoms with Gasteiger partial charge in [-0.15, -0.1) is 0 Å². The van der Waals surface area contributed by atoms with Gasteiger partial charge in [0.25, 0.3) is 0 Å². The zero-order valence-corrected chi connectivity index (χ0v) is 15.0. The van der Waals surface area contributed by atoms with Crippen LogP contribution in [0.15, 0.2) is 77.9 Å². The Morgan fingerprint density at radius 2 is 1.65 bits per heavy atom. The van der Waals surface area contributed by atoms with Crippen LogP contribution < -0.4 is 14.9 Å². The summed E-state index contributed by atoms with van der Waals surface area (Å²) in [6.07, 6.45) is 1.76. The first-order valence-electron chi connectivity index (χ1n) is 8.45. The van der Waals surface area contributed by atoms with E-state index in [0.29, 0.717) is 6.61 Å². The summed E-state index contributed by atoms with van der Waals surface area (Å²) in [5.41, 5.74) is 7.20. The zero-order valence-electron chi connectivity index (χ0n) is 15.0. The maximum Gasteiger partial charge on any atom is 0.128 e. The van der Waals surface area contributed by atoms with Crippen molar-refractivity contribution in [3.63, 3.8) is 0 Å². The summed E-state index contributed by atoms with van der Waals surface area (Å²) >= 11 is 0. The minimum absolute atomic E-state index is 0.525. The van der Waals surface area contributed by atoms with Gasteiger partial charge in [-0.3, -0.25) is 5.43 Å². The molecule has 0 radical (unpaired) electrons. The van der Waals surface area contributed by atoms with Crippen molar-refractivity contribution in [3.05, 3.63) is 89.5 Å². The topological polar surface area (TPSA) is 42.8 Å². The van der Waals surface area contributed by atoms with Crippen molar-refractivity contribution in [2.45, 2.75) is 13.5 Å². The normalized spacial score (nSPS) is 10.7. The number of methoxy groups -OCH3 is 1. The third kappa shape index (κ3) is 4.86. The van der Waals surface area contributed by atoms with Gasteiger partial charge in [0, 0.05) is 5.56 Å². The fourth-order valence-electron chi connectivity index (χ4n) is 2.41. The number of nitrogens with zero attached hydrogens (tertiary/aromatic N) is 1. The van der Waals surface area contributed by atoms with Crippen molar-refractivity contribution in [1.29, 1.82) is 0 Å². The molecule has 132 valence electrons. The van der Waals surface area contributed by atoms with Crippen LogP contribution in [0.1, 0.15) is 16.7 Å². The number of para-hydroxylation sites is 1. The van der Waals surface area contributed by atoms with Gasteiger partial charge < -0.3 is 9.47 Å². The maximum absolute atomic E-state index is 5.96. The van der Waals surface area contributed by atoms with E-state index in [1.165, 1.54) is 5.56 Å². The number of anilines is 1. The molecule has 0 bridgehead atoms. The highest BCUT2D eigenvalue weighted by Crippen LogP contribution is 2.19. The molecule has 4 nitrogen and oxygen atoms in total. The fourth-order valence-corrected chi connectivity index (χ4v) is 2.41. The average molecular weight is 346 g/mol. The summed E-state index contributed by atoms with van der Waals surface area (Å²) in [5, 5.41) is 4.30. The van der Waals surface area contributed by atoms with E-state index in [2.05, 4.69) is 41.7 Å². The van der Waals surface area contributed by atoms with Crippen LogP contribution in [0, 0.1) is 6.92 Å². The van der Waals surface area contributed by atoms with Crippen molar-refractivity contribution in [1.82, 2.24) is 0 Å². The van der Waals surface area contributed by atoms with Crippen LogP contribution in [-0.4, -0.2) is 13.3 Å². The Balaban J connectivity index is 1.63. The molecule has 0 saturated carbocycles. The second kappa shape index (κ2) is 8.72. The van der Waals surface area contributed by atoms with Gasteiger partial charge in [0.2, 0.25) is 0 Å². The quantitative estimate of drug-likeness (QED) is 0.482. The Morgan fingerprint density at radius 3 is 2.38 bits per heavy atom. The van der Waals surface area contributed by atoms with E-state index >= 15 is 0 Å². The van der Waals surface area contributed by atoms with Gasteiger partial charge in [-0.2, -0.15) is 5.10 Å². The number of rotatable bonds is 7. The van der Waals surface area contributed by atoms with Gasteiger partial charge in [0.1, 0.15) is 18.1 Å². The van der Waals surface area contributed by atoms with Gasteiger partial charge >= 0.3 is 0 Å². The van der Waals surface area contributed by atoms with Gasteiger partial charge in [-0.25, -0.2) is 0 Å². The molecule has 3 aromatic rings. The lowest BCUT2D eigenvalue weighted by Crippen LogP contribution is -1.99. The Labute approximate surface area is 154 Å². The zero-order chi connectivity index (χ0) is 18.2. The second-order valence-electron chi connectivity index (χ2n) is 5.91. The number of aryl methyl sites for hydroxylation is 1. The van der Waals surface area contributed by atoms with E-state index in [4.69, 9.17) is 9.47 Å². The van der Waals surface area contributed by atoms with Gasteiger partial charge in [0.05, 0.1) is 19.0 Å². The molecule has 0 atom stereocenters. The van der Waals surface area contributed by atoms with E-state index in [0.717, 1.165) is 28.3 Å². The molecule has 0 fully saturated rings. The molecule has 0 aliphatic carbocycles. The van der Waals surface area contributed by atoms with Crippen molar-refractivity contribution in [2.24, 2.45) is 5.10 Å². The molecule has 0 unspecified atom stereocenters. The Kier molecular flexibility index (Phi) is 5.88. The van der Waals surface area contributed by atoms with E-state index < -0.39 is 0 Å². The number of nitrogens with one attached hydrogen (secondary N) is 1. The molecule has 3 rings (SSSR count). The van der Waals surface area contributed by atoms with Crippen molar-refractivity contribution in [3.8, 4) is 11.5 Å². The molecule has 0 aliphatic heterocycles. The van der Waals surface area contributed by atoms with Gasteiger partial charge in [0.15, 0.2) is 0 Å². The van der Waals surface area contributed by atoms with E-state index in [1.807, 2.05) is 48.5 Å². The Bertz CT molecular complexity index is 856. The number of hydrazone groups is 1. The average Bonchev–Trinajstić information content (AvgIpc) is 2.69. The lowest BCUT2D eigenvalue weighted by Gasteiger charge is -2.09. The SMILES string of the molecule is COc1ccc(N/N=C/c2ccccc2OCc2ccc(C)cc2)cc1. The number of hydrogen-bond donors (Lipinski definition) is 1. The summed E-state index contributed by atoms with van der Waals surface area (Å²) in [6.45, 7) is 2.60. The van der Waals surface area contributed by atoms with Crippen LogP contribution >= 0.6 is 0 Å². The number of hydrogen-bond acceptors (Lipinski definition) is 4. The standard InChI is InChI=1S/C22H22N2O2/c1-17-7-9-18(10-8-17)16-26-22-6-4-3-5-19(22)15-23-24-20-11-13-21(25-2)14-12-20/h3-15,24H,16H2,1-2H3/b23-15+. The lowest BCUT2D eigenvalue weighted by molar-refractivity contribution is 0.306. The van der Waals surface area contributed by atoms with Crippen molar-refractivity contribution in [2.75, 3.05) is 12.5 Å². The van der Waals surface area contributed by atoms with Crippen LogP contribution in [-0.2, 0) is 6.61 Å². The van der Waals surface area contributed by atoms with Crippen LogP contribution in [0.3, 0.4) is 0 Å². The molecule has 4 heteroatoms. The molecule has 0 amide bonds. The smallest absolute Gasteiger partial charge is 0.128 e. The molecule has 3 aromatic carbocycles. The molecular formula is C22H22N2O2. The second-order valence-corrected chi connectivity index (χ2v) is 5.91. The lowest BCUT2D eigenvalue weighted by atomic mass is 10.1. The summed E-state index contributed by atoms with van der Waals surface area (Å²) in [4.78, 5) is 0. The summed E-state index contributed by atoms with van der Waals surface area (Å²) in [5.74, 6) is 1.61. The predicted octanol–water partition coefficient (Wildman–Crippen LogP) is 5.03. The van der Waals surface area contributed by atoms with Crippen LogP contribution in [0.2, 0.25) is 0 Å². The first-order chi connectivity index (χ1) is 12.7. The van der Waals surface area contributed by atoms with Crippen LogP contribution in [0.25, 0.3) is 0 Å². The van der Waals surface area contributed by atoms with Crippen LogP contribution in [0.5, 0.6) is 11.5 Å². The van der Waals surface area contributed by atoms with Gasteiger partial charge in [-0.05, 0) is 48.9 Å². The van der Waals surface area contributed by atoms with Crippen molar-refractivity contribution >= 4 is 11.9 Å². The highest BCUT2D eigenvalue weighted by atomic mass is 16.5. The first kappa shape index (κ1) is 17.5. The maximum atomic E-state index is 5.96. The first-order valence-corrected chi connectivity index (χ1v) is 8.45. The third-order valence-corrected chi connectivity index (χ3v) is 3.92.